The number of H-pyrrole nitrogens is 1. The summed E-state index contributed by atoms with van der Waals surface area (Å²) in [4.78, 5) is 15.1. The molecule has 0 atom stereocenters. The lowest BCUT2D eigenvalue weighted by atomic mass is 9.96. The average molecular weight is 290 g/mol. The second-order valence-electron chi connectivity index (χ2n) is 5.27. The van der Waals surface area contributed by atoms with Gasteiger partial charge in [-0.2, -0.15) is 0 Å². The van der Waals surface area contributed by atoms with Gasteiger partial charge in [-0.1, -0.05) is 36.4 Å². The van der Waals surface area contributed by atoms with Gasteiger partial charge in [-0.15, -0.1) is 0 Å². The monoisotopic (exact) mass is 290 g/mol. The number of nitrogens with one attached hydrogen (secondary N) is 2. The van der Waals surface area contributed by atoms with Gasteiger partial charge < -0.3 is 10.3 Å². The summed E-state index contributed by atoms with van der Waals surface area (Å²) in [6.45, 7) is 2.08. The molecule has 1 amide bonds. The van der Waals surface area contributed by atoms with Gasteiger partial charge in [0.1, 0.15) is 0 Å². The van der Waals surface area contributed by atoms with Crippen LogP contribution in [0.3, 0.4) is 0 Å². The van der Waals surface area contributed by atoms with Crippen molar-refractivity contribution < 1.29 is 4.79 Å². The molecule has 0 saturated heterocycles. The van der Waals surface area contributed by atoms with Crippen LogP contribution in [-0.2, 0) is 4.79 Å². The molecule has 2 N–H and O–H groups in total. The van der Waals surface area contributed by atoms with Crippen molar-refractivity contribution in [3.05, 3.63) is 77.5 Å². The van der Waals surface area contributed by atoms with Crippen LogP contribution in [0.4, 0.5) is 0 Å². The SMILES string of the molecule is CNC(=O)/C=C(/c1ccccc1)c1ccc2[nH]cc(C)c2c1. The first kappa shape index (κ1) is 14.1. The Morgan fingerprint density at radius 2 is 1.86 bits per heavy atom. The number of aryl methyl sites for hydroxylation is 1. The summed E-state index contributed by atoms with van der Waals surface area (Å²) in [5.41, 5.74) is 5.28. The van der Waals surface area contributed by atoms with E-state index in [9.17, 15) is 4.79 Å². The first-order chi connectivity index (χ1) is 10.7. The maximum Gasteiger partial charge on any atom is 0.244 e. The van der Waals surface area contributed by atoms with Crippen LogP contribution in [0.1, 0.15) is 16.7 Å². The number of amides is 1. The molecule has 2 aromatic carbocycles. The van der Waals surface area contributed by atoms with Crippen LogP contribution < -0.4 is 5.32 Å². The van der Waals surface area contributed by atoms with E-state index >= 15 is 0 Å². The lowest BCUT2D eigenvalue weighted by Gasteiger charge is -2.09. The predicted octanol–water partition coefficient (Wildman–Crippen LogP) is 3.65. The maximum atomic E-state index is 11.9. The van der Waals surface area contributed by atoms with Gasteiger partial charge in [-0.3, -0.25) is 4.79 Å². The summed E-state index contributed by atoms with van der Waals surface area (Å²) < 4.78 is 0. The van der Waals surface area contributed by atoms with E-state index in [1.165, 1.54) is 10.9 Å². The standard InChI is InChI=1S/C19H18N2O/c1-13-12-21-18-9-8-15(10-16(13)18)17(11-19(22)20-2)14-6-4-3-5-7-14/h3-12,21H,1-2H3,(H,20,22)/b17-11-. The first-order valence-electron chi connectivity index (χ1n) is 7.26. The molecule has 3 nitrogen and oxygen atoms in total. The molecule has 1 aromatic heterocycles. The number of hydrogen-bond acceptors (Lipinski definition) is 1. The molecule has 3 aromatic rings. The second-order valence-corrected chi connectivity index (χ2v) is 5.27. The zero-order chi connectivity index (χ0) is 15.5. The lowest BCUT2D eigenvalue weighted by molar-refractivity contribution is -0.116. The minimum absolute atomic E-state index is 0.107. The van der Waals surface area contributed by atoms with Crippen molar-refractivity contribution in [2.24, 2.45) is 0 Å². The first-order valence-corrected chi connectivity index (χ1v) is 7.26. The Hall–Kier alpha value is -2.81. The predicted molar refractivity (Wildman–Crippen MR) is 90.6 cm³/mol. The summed E-state index contributed by atoms with van der Waals surface area (Å²) in [5.74, 6) is -0.107. The molecule has 22 heavy (non-hydrogen) atoms. The number of carbonyl (C=O) groups is 1. The quantitative estimate of drug-likeness (QED) is 0.710. The highest BCUT2D eigenvalue weighted by Gasteiger charge is 2.09. The van der Waals surface area contributed by atoms with Crippen molar-refractivity contribution in [2.75, 3.05) is 7.05 Å². The number of likely N-dealkylation sites (N-methyl/N-ethyl adjacent to an activating group) is 1. The maximum absolute atomic E-state index is 11.9. The largest absolute Gasteiger partial charge is 0.361 e. The fourth-order valence-corrected chi connectivity index (χ4v) is 2.58. The van der Waals surface area contributed by atoms with Crippen LogP contribution in [0.25, 0.3) is 16.5 Å². The zero-order valence-corrected chi connectivity index (χ0v) is 12.7. The van der Waals surface area contributed by atoms with E-state index in [2.05, 4.69) is 29.4 Å². The van der Waals surface area contributed by atoms with E-state index in [1.807, 2.05) is 42.6 Å². The fourth-order valence-electron chi connectivity index (χ4n) is 2.58. The third-order valence-corrected chi connectivity index (χ3v) is 3.81. The van der Waals surface area contributed by atoms with Crippen molar-refractivity contribution in [1.82, 2.24) is 10.3 Å². The Kier molecular flexibility index (Phi) is 3.79. The fraction of sp³-hybridized carbons (Fsp3) is 0.105. The van der Waals surface area contributed by atoms with Crippen LogP contribution in [0.5, 0.6) is 0 Å². The molecule has 1 heterocycles. The second kappa shape index (κ2) is 5.90. The highest BCUT2D eigenvalue weighted by Crippen LogP contribution is 2.27. The summed E-state index contributed by atoms with van der Waals surface area (Å²) >= 11 is 0. The van der Waals surface area contributed by atoms with E-state index < -0.39 is 0 Å². The smallest absolute Gasteiger partial charge is 0.244 e. The Labute approximate surface area is 129 Å². The topological polar surface area (TPSA) is 44.9 Å². The number of aromatic nitrogens is 1. The minimum atomic E-state index is -0.107. The molecule has 0 radical (unpaired) electrons. The Balaban J connectivity index is 2.17. The van der Waals surface area contributed by atoms with Gasteiger partial charge in [-0.25, -0.2) is 0 Å². The summed E-state index contributed by atoms with van der Waals surface area (Å²) in [7, 11) is 1.64. The number of fused-ring (bicyclic) bond motifs is 1. The van der Waals surface area contributed by atoms with Crippen molar-refractivity contribution in [1.29, 1.82) is 0 Å². The third kappa shape index (κ3) is 2.66. The van der Waals surface area contributed by atoms with Gasteiger partial charge in [0, 0.05) is 30.2 Å². The van der Waals surface area contributed by atoms with E-state index in [-0.39, 0.29) is 5.91 Å². The zero-order valence-electron chi connectivity index (χ0n) is 12.7. The molecular weight excluding hydrogens is 272 g/mol. The van der Waals surface area contributed by atoms with E-state index in [4.69, 9.17) is 0 Å². The molecule has 0 spiro atoms. The van der Waals surface area contributed by atoms with Crippen LogP contribution >= 0.6 is 0 Å². The number of aromatic amines is 1. The normalized spacial score (nSPS) is 11.6. The van der Waals surface area contributed by atoms with E-state index in [0.29, 0.717) is 0 Å². The molecule has 0 bridgehead atoms. The highest BCUT2D eigenvalue weighted by atomic mass is 16.1. The van der Waals surface area contributed by atoms with E-state index in [0.717, 1.165) is 22.2 Å². The van der Waals surface area contributed by atoms with E-state index in [1.54, 1.807) is 13.1 Å². The highest BCUT2D eigenvalue weighted by molar-refractivity contribution is 6.00. The Morgan fingerprint density at radius 3 is 2.59 bits per heavy atom. The molecule has 0 aliphatic rings. The summed E-state index contributed by atoms with van der Waals surface area (Å²) in [6, 6.07) is 16.2. The van der Waals surface area contributed by atoms with Crippen molar-refractivity contribution >= 4 is 22.4 Å². The molecule has 0 aliphatic carbocycles. The summed E-state index contributed by atoms with van der Waals surface area (Å²) in [6.07, 6.45) is 3.65. The molecule has 110 valence electrons. The van der Waals surface area contributed by atoms with Crippen molar-refractivity contribution in [3.63, 3.8) is 0 Å². The molecular formula is C19H18N2O. The number of carbonyl (C=O) groups excluding carboxylic acids is 1. The molecule has 0 saturated carbocycles. The summed E-state index contributed by atoms with van der Waals surface area (Å²) in [5, 5.41) is 3.83. The minimum Gasteiger partial charge on any atom is -0.361 e. The number of benzene rings is 2. The van der Waals surface area contributed by atoms with Gasteiger partial charge in [0.25, 0.3) is 0 Å². The molecule has 0 fully saturated rings. The van der Waals surface area contributed by atoms with Crippen molar-refractivity contribution in [3.8, 4) is 0 Å². The van der Waals surface area contributed by atoms with Crippen molar-refractivity contribution in [2.45, 2.75) is 6.92 Å². The molecule has 0 aliphatic heterocycles. The average Bonchev–Trinajstić information content (AvgIpc) is 2.94. The number of rotatable bonds is 3. The van der Waals surface area contributed by atoms with Gasteiger partial charge in [-0.05, 0) is 41.3 Å². The molecule has 3 rings (SSSR count). The molecule has 0 unspecified atom stereocenters. The Bertz CT molecular complexity index is 844. The number of hydrogen-bond donors (Lipinski definition) is 2. The third-order valence-electron chi connectivity index (χ3n) is 3.81. The van der Waals surface area contributed by atoms with Crippen LogP contribution in [0, 0.1) is 6.92 Å². The van der Waals surface area contributed by atoms with Gasteiger partial charge >= 0.3 is 0 Å². The van der Waals surface area contributed by atoms with Crippen LogP contribution in [0.2, 0.25) is 0 Å². The van der Waals surface area contributed by atoms with Crippen LogP contribution in [0.15, 0.2) is 60.8 Å². The van der Waals surface area contributed by atoms with Gasteiger partial charge in [0.2, 0.25) is 5.91 Å². The molecule has 3 heteroatoms. The Morgan fingerprint density at radius 1 is 1.09 bits per heavy atom. The van der Waals surface area contributed by atoms with Crippen LogP contribution in [-0.4, -0.2) is 17.9 Å². The lowest BCUT2D eigenvalue weighted by Crippen LogP contribution is -2.15. The van der Waals surface area contributed by atoms with Gasteiger partial charge in [0.05, 0.1) is 0 Å². The van der Waals surface area contributed by atoms with Gasteiger partial charge in [0.15, 0.2) is 0 Å².